The maximum absolute atomic E-state index is 10.1. The summed E-state index contributed by atoms with van der Waals surface area (Å²) in [6.07, 6.45) is 0. The monoisotopic (exact) mass is 514 g/mol. The summed E-state index contributed by atoms with van der Waals surface area (Å²) in [5.41, 5.74) is 3.44. The van der Waals surface area contributed by atoms with Gasteiger partial charge in [-0.15, -0.1) is 0 Å². The molecule has 0 aliphatic carbocycles. The van der Waals surface area contributed by atoms with Crippen molar-refractivity contribution in [2.75, 3.05) is 21.3 Å². The average molecular weight is 515 g/mol. The Bertz CT molecular complexity index is 1390. The minimum Gasteiger partial charge on any atom is -0.508 e. The second-order valence-electron chi connectivity index (χ2n) is 9.98. The van der Waals surface area contributed by atoms with Gasteiger partial charge < -0.3 is 29.5 Å². The van der Waals surface area contributed by atoms with Crippen molar-refractivity contribution >= 4 is 0 Å². The third-order valence-corrected chi connectivity index (χ3v) is 7.49. The zero-order chi connectivity index (χ0) is 27.7. The van der Waals surface area contributed by atoms with Crippen LogP contribution >= 0.6 is 0 Å². The molecule has 6 nitrogen and oxygen atoms in total. The maximum atomic E-state index is 10.1. The van der Waals surface area contributed by atoms with E-state index in [4.69, 9.17) is 14.2 Å². The fraction of sp³-hybridized carbons (Fsp3) is 0.250. The molecule has 6 heteroatoms. The highest BCUT2D eigenvalue weighted by Crippen LogP contribution is 2.48. The van der Waals surface area contributed by atoms with Gasteiger partial charge >= 0.3 is 0 Å². The van der Waals surface area contributed by atoms with Crippen LogP contribution in [0.2, 0.25) is 0 Å². The van der Waals surface area contributed by atoms with E-state index in [1.165, 1.54) is 0 Å². The highest BCUT2D eigenvalue weighted by Gasteiger charge is 2.37. The van der Waals surface area contributed by atoms with Gasteiger partial charge in [0.25, 0.3) is 0 Å². The highest BCUT2D eigenvalue weighted by molar-refractivity contribution is 5.61. The molecule has 4 rings (SSSR count). The second kappa shape index (κ2) is 10.2. The molecule has 0 saturated carbocycles. The van der Waals surface area contributed by atoms with Crippen molar-refractivity contribution < 1.29 is 29.5 Å². The van der Waals surface area contributed by atoms with Crippen molar-refractivity contribution in [1.82, 2.24) is 0 Å². The van der Waals surface area contributed by atoms with Gasteiger partial charge in [0.15, 0.2) is 0 Å². The summed E-state index contributed by atoms with van der Waals surface area (Å²) >= 11 is 0. The number of hydrogen-bond donors (Lipinski definition) is 3. The summed E-state index contributed by atoms with van der Waals surface area (Å²) in [4.78, 5) is 0. The molecule has 0 aromatic heterocycles. The Morgan fingerprint density at radius 2 is 0.816 bits per heavy atom. The van der Waals surface area contributed by atoms with Crippen LogP contribution in [0.1, 0.15) is 48.6 Å². The predicted molar refractivity (Wildman–Crippen MR) is 148 cm³/mol. The first-order valence-corrected chi connectivity index (χ1v) is 12.3. The van der Waals surface area contributed by atoms with Crippen LogP contribution in [-0.4, -0.2) is 36.6 Å². The van der Waals surface area contributed by atoms with E-state index < -0.39 is 10.8 Å². The summed E-state index contributed by atoms with van der Waals surface area (Å²) in [6.45, 7) is 6.30. The van der Waals surface area contributed by atoms with Crippen molar-refractivity contribution in [3.8, 4) is 34.5 Å². The van der Waals surface area contributed by atoms with Crippen LogP contribution in [0.3, 0.4) is 0 Å². The fourth-order valence-electron chi connectivity index (χ4n) is 5.21. The smallest absolute Gasteiger partial charge is 0.126 e. The van der Waals surface area contributed by atoms with Crippen LogP contribution in [0, 0.1) is 0 Å². The van der Waals surface area contributed by atoms with Gasteiger partial charge in [0.1, 0.15) is 34.5 Å². The molecule has 3 N–H and O–H groups in total. The molecule has 0 aliphatic rings. The van der Waals surface area contributed by atoms with Crippen molar-refractivity contribution in [3.05, 3.63) is 107 Å². The Morgan fingerprint density at radius 3 is 1.21 bits per heavy atom. The molecule has 0 aliphatic heterocycles. The van der Waals surface area contributed by atoms with Crippen LogP contribution in [0.25, 0.3) is 0 Å². The van der Waals surface area contributed by atoms with Crippen molar-refractivity contribution in [3.63, 3.8) is 0 Å². The first-order valence-electron chi connectivity index (χ1n) is 12.3. The number of phenolic OH excluding ortho intramolecular Hbond substituents is 3. The first kappa shape index (κ1) is 26.7. The van der Waals surface area contributed by atoms with Crippen molar-refractivity contribution in [2.24, 2.45) is 0 Å². The third kappa shape index (κ3) is 4.58. The molecular weight excluding hydrogens is 480 g/mol. The summed E-state index contributed by atoms with van der Waals surface area (Å²) in [5.74, 6) is 2.03. The lowest BCUT2D eigenvalue weighted by molar-refractivity contribution is 0.386. The number of hydrogen-bond acceptors (Lipinski definition) is 6. The normalized spacial score (nSPS) is 11.7. The van der Waals surface area contributed by atoms with Crippen LogP contribution < -0.4 is 14.2 Å². The van der Waals surface area contributed by atoms with Crippen molar-refractivity contribution in [2.45, 2.75) is 31.6 Å². The van der Waals surface area contributed by atoms with Gasteiger partial charge in [-0.2, -0.15) is 0 Å². The zero-order valence-electron chi connectivity index (χ0n) is 22.6. The number of ether oxygens (including phenoxy) is 3. The van der Waals surface area contributed by atoms with E-state index in [0.29, 0.717) is 17.2 Å². The highest BCUT2D eigenvalue weighted by atomic mass is 16.5. The van der Waals surface area contributed by atoms with E-state index in [-0.39, 0.29) is 17.2 Å². The summed E-state index contributed by atoms with van der Waals surface area (Å²) in [5, 5.41) is 30.2. The average Bonchev–Trinajstić information content (AvgIpc) is 2.92. The molecule has 0 amide bonds. The minimum atomic E-state index is -0.767. The van der Waals surface area contributed by atoms with Gasteiger partial charge in [0.05, 0.1) is 21.3 Å². The van der Waals surface area contributed by atoms with Gasteiger partial charge in [0.2, 0.25) is 0 Å². The predicted octanol–water partition coefficient (Wildman–Crippen LogP) is 6.51. The Hall–Kier alpha value is -4.32. The molecule has 0 bridgehead atoms. The van der Waals surface area contributed by atoms with E-state index in [9.17, 15) is 15.3 Å². The van der Waals surface area contributed by atoms with Crippen molar-refractivity contribution in [1.29, 1.82) is 0 Å². The maximum Gasteiger partial charge on any atom is 0.126 e. The number of methoxy groups -OCH3 is 3. The zero-order valence-corrected chi connectivity index (χ0v) is 22.6. The fourth-order valence-corrected chi connectivity index (χ4v) is 5.21. The van der Waals surface area contributed by atoms with Crippen LogP contribution in [0.5, 0.6) is 34.5 Å². The van der Waals surface area contributed by atoms with E-state index >= 15 is 0 Å². The molecule has 0 saturated heterocycles. The lowest BCUT2D eigenvalue weighted by atomic mass is 9.69. The quantitative estimate of drug-likeness (QED) is 0.232. The summed E-state index contributed by atoms with van der Waals surface area (Å²) < 4.78 is 17.0. The van der Waals surface area contributed by atoms with Crippen LogP contribution in [0.15, 0.2) is 78.9 Å². The Labute approximate surface area is 223 Å². The molecule has 0 heterocycles. The largest absolute Gasteiger partial charge is 0.508 e. The van der Waals surface area contributed by atoms with Gasteiger partial charge in [-0.1, -0.05) is 56.3 Å². The third-order valence-electron chi connectivity index (χ3n) is 7.49. The Balaban J connectivity index is 1.91. The van der Waals surface area contributed by atoms with E-state index in [2.05, 4.69) is 45.0 Å². The van der Waals surface area contributed by atoms with Gasteiger partial charge in [0, 0.05) is 45.7 Å². The lowest BCUT2D eigenvalue weighted by Crippen LogP contribution is -2.27. The molecule has 0 fully saturated rings. The summed E-state index contributed by atoms with van der Waals surface area (Å²) in [6, 6.07) is 23.6. The number of rotatable bonds is 8. The van der Waals surface area contributed by atoms with Crippen LogP contribution in [-0.2, 0) is 10.8 Å². The lowest BCUT2D eigenvalue weighted by Gasteiger charge is -2.35. The number of phenols is 3. The molecule has 38 heavy (non-hydrogen) atoms. The molecule has 0 unspecified atom stereocenters. The van der Waals surface area contributed by atoms with Crippen LogP contribution in [0.4, 0.5) is 0 Å². The standard InChI is InChI=1S/C32H34O6/c1-31(2,25-14-11-22(33)17-28(25)36-4)20-7-9-21(10-8-20)32(3,26-15-12-23(34)18-29(26)37-5)27-16-13-24(35)19-30(27)38-6/h7-19,33-35H,1-6H3. The molecular formula is C32H34O6. The number of benzene rings is 4. The van der Waals surface area contributed by atoms with Gasteiger partial charge in [-0.05, 0) is 36.2 Å². The molecule has 0 atom stereocenters. The SMILES string of the molecule is COc1cc(O)ccc1C(C)(C)c1ccc(C(C)(c2ccc(O)cc2OC)c2ccc(O)cc2OC)cc1. The second-order valence-corrected chi connectivity index (χ2v) is 9.98. The first-order chi connectivity index (χ1) is 18.1. The Morgan fingerprint density at radius 1 is 0.474 bits per heavy atom. The molecule has 4 aromatic rings. The molecule has 0 spiro atoms. The molecule has 198 valence electrons. The minimum absolute atomic E-state index is 0.102. The molecule has 0 radical (unpaired) electrons. The summed E-state index contributed by atoms with van der Waals surface area (Å²) in [7, 11) is 4.74. The topological polar surface area (TPSA) is 88.4 Å². The van der Waals surface area contributed by atoms with Gasteiger partial charge in [-0.3, -0.25) is 0 Å². The van der Waals surface area contributed by atoms with E-state index in [1.807, 2.05) is 18.2 Å². The van der Waals surface area contributed by atoms with Gasteiger partial charge in [-0.25, -0.2) is 0 Å². The van der Waals surface area contributed by atoms with E-state index in [1.54, 1.807) is 57.7 Å². The molecule has 4 aromatic carbocycles. The Kier molecular flexibility index (Phi) is 7.18. The number of aromatic hydroxyl groups is 3. The van der Waals surface area contributed by atoms with E-state index in [0.717, 1.165) is 27.8 Å².